The molecule has 0 aromatic heterocycles. The summed E-state index contributed by atoms with van der Waals surface area (Å²) in [5.41, 5.74) is -0.357. The molecule has 1 aromatic rings. The van der Waals surface area contributed by atoms with Crippen LogP contribution in [0.3, 0.4) is 0 Å². The predicted molar refractivity (Wildman–Crippen MR) is 72.9 cm³/mol. The van der Waals surface area contributed by atoms with E-state index in [1.165, 1.54) is 0 Å². The number of ketones is 1. The lowest BCUT2D eigenvalue weighted by molar-refractivity contribution is -0.163. The third-order valence-electron chi connectivity index (χ3n) is 3.70. The van der Waals surface area contributed by atoms with Crippen LogP contribution < -0.4 is 0 Å². The number of carbonyl (C=O) groups excluding carboxylic acids is 2. The average molecular weight is 260 g/mol. The molecule has 0 saturated heterocycles. The van der Waals surface area contributed by atoms with Crippen molar-refractivity contribution in [2.24, 2.45) is 10.8 Å². The van der Waals surface area contributed by atoms with Crippen LogP contribution in [0.15, 0.2) is 30.3 Å². The van der Waals surface area contributed by atoms with E-state index in [1.54, 1.807) is 19.1 Å². The van der Waals surface area contributed by atoms with E-state index in [-0.39, 0.29) is 17.2 Å². The molecule has 1 fully saturated rings. The third-order valence-corrected chi connectivity index (χ3v) is 3.70. The first-order chi connectivity index (χ1) is 8.91. The average Bonchev–Trinajstić information content (AvgIpc) is 2.36. The molecule has 0 spiro atoms. The van der Waals surface area contributed by atoms with Gasteiger partial charge in [0, 0.05) is 5.56 Å². The number of Topliss-reactive ketones (excluding diaryl/α,β-unsaturated/α-hetero) is 1. The second-order valence-electron chi connectivity index (χ2n) is 6.02. The summed E-state index contributed by atoms with van der Waals surface area (Å²) < 4.78 is 5.13. The van der Waals surface area contributed by atoms with Crippen LogP contribution >= 0.6 is 0 Å². The molecular formula is C16H20O3. The van der Waals surface area contributed by atoms with Gasteiger partial charge in [-0.2, -0.15) is 0 Å². The molecule has 0 atom stereocenters. The lowest BCUT2D eigenvalue weighted by Crippen LogP contribution is -2.54. The summed E-state index contributed by atoms with van der Waals surface area (Å²) in [6.07, 6.45) is 1.12. The number of hydrogen-bond donors (Lipinski definition) is 0. The molecule has 1 aliphatic rings. The quantitative estimate of drug-likeness (QED) is 0.474. The first-order valence-electron chi connectivity index (χ1n) is 6.68. The third kappa shape index (κ3) is 2.42. The number of ether oxygens (including phenoxy) is 1. The summed E-state index contributed by atoms with van der Waals surface area (Å²) in [6.45, 7) is 6.22. The van der Waals surface area contributed by atoms with Gasteiger partial charge in [-0.1, -0.05) is 44.2 Å². The van der Waals surface area contributed by atoms with Crippen molar-refractivity contribution in [3.8, 4) is 0 Å². The molecule has 0 heterocycles. The molecule has 0 aliphatic heterocycles. The molecule has 3 nitrogen and oxygen atoms in total. The van der Waals surface area contributed by atoms with Crippen molar-refractivity contribution in [2.45, 2.75) is 33.6 Å². The Balaban J connectivity index is 2.30. The SMILES string of the molecule is CCOC(=O)C1(C(=O)c2ccccc2)CC(C)(C)C1. The summed E-state index contributed by atoms with van der Waals surface area (Å²) in [7, 11) is 0. The Labute approximate surface area is 114 Å². The highest BCUT2D eigenvalue weighted by atomic mass is 16.5. The van der Waals surface area contributed by atoms with Crippen molar-refractivity contribution < 1.29 is 14.3 Å². The Morgan fingerprint density at radius 3 is 2.21 bits per heavy atom. The van der Waals surface area contributed by atoms with Gasteiger partial charge in [-0.25, -0.2) is 0 Å². The lowest BCUT2D eigenvalue weighted by atomic mass is 9.52. The summed E-state index contributed by atoms with van der Waals surface area (Å²) in [4.78, 5) is 24.9. The fourth-order valence-corrected chi connectivity index (χ4v) is 3.11. The van der Waals surface area contributed by atoms with Crippen LogP contribution in [0.4, 0.5) is 0 Å². The summed E-state index contributed by atoms with van der Waals surface area (Å²) in [5.74, 6) is -0.478. The molecule has 3 heteroatoms. The zero-order chi connectivity index (χ0) is 14.1. The zero-order valence-corrected chi connectivity index (χ0v) is 11.7. The Morgan fingerprint density at radius 1 is 1.16 bits per heavy atom. The molecular weight excluding hydrogens is 240 g/mol. The fraction of sp³-hybridized carbons (Fsp3) is 0.500. The smallest absolute Gasteiger partial charge is 0.320 e. The Hall–Kier alpha value is -1.64. The number of benzene rings is 1. The minimum absolute atomic E-state index is 0.0250. The Kier molecular flexibility index (Phi) is 3.48. The maximum absolute atomic E-state index is 12.7. The molecule has 0 bridgehead atoms. The second kappa shape index (κ2) is 4.80. The monoisotopic (exact) mass is 260 g/mol. The zero-order valence-electron chi connectivity index (χ0n) is 11.7. The second-order valence-corrected chi connectivity index (χ2v) is 6.02. The highest BCUT2D eigenvalue weighted by Gasteiger charge is 2.60. The van der Waals surface area contributed by atoms with Gasteiger partial charge in [0.15, 0.2) is 5.78 Å². The number of esters is 1. The maximum Gasteiger partial charge on any atom is 0.320 e. The highest BCUT2D eigenvalue weighted by Crippen LogP contribution is 2.56. The molecule has 1 saturated carbocycles. The summed E-state index contributed by atoms with van der Waals surface area (Å²) in [6, 6.07) is 9.01. The van der Waals surface area contributed by atoms with Gasteiger partial charge < -0.3 is 4.74 Å². The van der Waals surface area contributed by atoms with Crippen LogP contribution in [0.2, 0.25) is 0 Å². The van der Waals surface area contributed by atoms with Crippen LogP contribution in [-0.2, 0) is 9.53 Å². The van der Waals surface area contributed by atoms with Crippen LogP contribution in [0, 0.1) is 10.8 Å². The fourth-order valence-electron chi connectivity index (χ4n) is 3.11. The Morgan fingerprint density at radius 2 is 1.74 bits per heavy atom. The topological polar surface area (TPSA) is 43.4 Å². The van der Waals surface area contributed by atoms with Gasteiger partial charge in [-0.3, -0.25) is 9.59 Å². The molecule has 0 unspecified atom stereocenters. The van der Waals surface area contributed by atoms with Crippen LogP contribution in [0.1, 0.15) is 44.0 Å². The van der Waals surface area contributed by atoms with E-state index in [9.17, 15) is 9.59 Å². The molecule has 0 N–H and O–H groups in total. The van der Waals surface area contributed by atoms with Gasteiger partial charge in [0.2, 0.25) is 0 Å². The summed E-state index contributed by atoms with van der Waals surface area (Å²) in [5, 5.41) is 0. The van der Waals surface area contributed by atoms with Crippen molar-refractivity contribution in [3.05, 3.63) is 35.9 Å². The summed E-state index contributed by atoms with van der Waals surface area (Å²) >= 11 is 0. The van der Waals surface area contributed by atoms with Crippen molar-refractivity contribution >= 4 is 11.8 Å². The van der Waals surface area contributed by atoms with E-state index in [0.717, 1.165) is 0 Å². The molecule has 102 valence electrons. The maximum atomic E-state index is 12.7. The predicted octanol–water partition coefficient (Wildman–Crippen LogP) is 3.24. The van der Waals surface area contributed by atoms with Gasteiger partial charge in [0.05, 0.1) is 6.61 Å². The minimum atomic E-state index is -0.971. The van der Waals surface area contributed by atoms with E-state index >= 15 is 0 Å². The van der Waals surface area contributed by atoms with E-state index in [4.69, 9.17) is 4.74 Å². The Bertz CT molecular complexity index is 480. The standard InChI is InChI=1S/C16H20O3/c1-4-19-14(18)16(10-15(2,3)11-16)13(17)12-8-6-5-7-9-12/h5-9H,4,10-11H2,1-3H3. The molecule has 2 rings (SSSR count). The van der Waals surface area contributed by atoms with Crippen molar-refractivity contribution in [2.75, 3.05) is 6.61 Å². The molecule has 0 amide bonds. The van der Waals surface area contributed by atoms with E-state index in [2.05, 4.69) is 13.8 Å². The molecule has 1 aromatic carbocycles. The normalized spacial score (nSPS) is 19.3. The lowest BCUT2D eigenvalue weighted by Gasteiger charge is -2.49. The van der Waals surface area contributed by atoms with Gasteiger partial charge in [-0.15, -0.1) is 0 Å². The first kappa shape index (κ1) is 13.8. The largest absolute Gasteiger partial charge is 0.465 e. The molecule has 0 radical (unpaired) electrons. The van der Waals surface area contributed by atoms with Gasteiger partial charge in [0.1, 0.15) is 5.41 Å². The highest BCUT2D eigenvalue weighted by molar-refractivity contribution is 6.13. The van der Waals surface area contributed by atoms with E-state index in [1.807, 2.05) is 18.2 Å². The number of carbonyl (C=O) groups is 2. The van der Waals surface area contributed by atoms with Gasteiger partial charge in [-0.05, 0) is 25.2 Å². The minimum Gasteiger partial charge on any atom is -0.465 e. The van der Waals surface area contributed by atoms with Gasteiger partial charge in [0.25, 0.3) is 0 Å². The van der Waals surface area contributed by atoms with Crippen molar-refractivity contribution in [1.82, 2.24) is 0 Å². The van der Waals surface area contributed by atoms with Crippen molar-refractivity contribution in [1.29, 1.82) is 0 Å². The van der Waals surface area contributed by atoms with E-state index in [0.29, 0.717) is 25.0 Å². The van der Waals surface area contributed by atoms with Crippen LogP contribution in [0.25, 0.3) is 0 Å². The van der Waals surface area contributed by atoms with Crippen LogP contribution in [-0.4, -0.2) is 18.4 Å². The molecule has 1 aliphatic carbocycles. The first-order valence-corrected chi connectivity index (χ1v) is 6.68. The molecule has 19 heavy (non-hydrogen) atoms. The number of rotatable bonds is 4. The number of hydrogen-bond acceptors (Lipinski definition) is 3. The van der Waals surface area contributed by atoms with Gasteiger partial charge >= 0.3 is 5.97 Å². The van der Waals surface area contributed by atoms with Crippen molar-refractivity contribution in [3.63, 3.8) is 0 Å². The van der Waals surface area contributed by atoms with E-state index < -0.39 is 5.41 Å². The van der Waals surface area contributed by atoms with Crippen LogP contribution in [0.5, 0.6) is 0 Å².